The van der Waals surface area contributed by atoms with E-state index in [-0.39, 0.29) is 17.7 Å². The van der Waals surface area contributed by atoms with Crippen LogP contribution in [0.3, 0.4) is 0 Å². The number of carbonyl (C=O) groups is 1. The van der Waals surface area contributed by atoms with Crippen molar-refractivity contribution in [2.75, 3.05) is 0 Å². The topological polar surface area (TPSA) is 60.7 Å². The highest BCUT2D eigenvalue weighted by Gasteiger charge is 2.11. The van der Waals surface area contributed by atoms with Gasteiger partial charge in [-0.2, -0.15) is 0 Å². The molecule has 0 atom stereocenters. The van der Waals surface area contributed by atoms with Gasteiger partial charge in [-0.1, -0.05) is 6.07 Å². The van der Waals surface area contributed by atoms with Crippen LogP contribution in [0.2, 0.25) is 0 Å². The average Bonchev–Trinajstić information content (AvgIpc) is 2.86. The molecule has 112 valence electrons. The summed E-state index contributed by atoms with van der Waals surface area (Å²) in [6.07, 6.45) is 0. The van der Waals surface area contributed by atoms with E-state index in [1.165, 1.54) is 40.0 Å². The zero-order valence-corrected chi connectivity index (χ0v) is 12.4. The van der Waals surface area contributed by atoms with Crippen molar-refractivity contribution in [2.45, 2.75) is 13.5 Å². The summed E-state index contributed by atoms with van der Waals surface area (Å²) < 4.78 is 19.6. The second-order valence-electron chi connectivity index (χ2n) is 4.67. The summed E-state index contributed by atoms with van der Waals surface area (Å²) in [5, 5.41) is 1.83. The molecule has 0 saturated carbocycles. The smallest absolute Gasteiger partial charge is 0.338 e. The summed E-state index contributed by atoms with van der Waals surface area (Å²) >= 11 is 1.34. The maximum absolute atomic E-state index is 13.1. The monoisotopic (exact) mass is 318 g/mol. The number of esters is 1. The van der Waals surface area contributed by atoms with E-state index >= 15 is 0 Å². The number of nitrogens with zero attached hydrogens (tertiary/aromatic N) is 2. The van der Waals surface area contributed by atoms with Crippen LogP contribution in [-0.2, 0) is 11.3 Å². The van der Waals surface area contributed by atoms with Gasteiger partial charge in [-0.05, 0) is 25.1 Å². The van der Waals surface area contributed by atoms with Gasteiger partial charge in [-0.15, -0.1) is 11.3 Å². The lowest BCUT2D eigenvalue weighted by molar-refractivity contribution is 0.0467. The lowest BCUT2D eigenvalue weighted by atomic mass is 10.2. The molecule has 3 rings (SSSR count). The van der Waals surface area contributed by atoms with Crippen LogP contribution in [0.1, 0.15) is 21.7 Å². The van der Waals surface area contributed by atoms with E-state index in [4.69, 9.17) is 4.74 Å². The standard InChI is InChI=1S/C15H11FN2O3S/c1-9-8-22-15-17-12(6-13(19)18(9)15)7-21-14(20)10-3-2-4-11(16)5-10/h2-6,8H,7H2,1H3. The maximum Gasteiger partial charge on any atom is 0.338 e. The van der Waals surface area contributed by atoms with Crippen LogP contribution in [-0.4, -0.2) is 15.4 Å². The van der Waals surface area contributed by atoms with Gasteiger partial charge in [0.25, 0.3) is 5.56 Å². The average molecular weight is 318 g/mol. The van der Waals surface area contributed by atoms with Gasteiger partial charge in [-0.25, -0.2) is 14.2 Å². The Morgan fingerprint density at radius 1 is 1.41 bits per heavy atom. The summed E-state index contributed by atoms with van der Waals surface area (Å²) in [6.45, 7) is 1.67. The van der Waals surface area contributed by atoms with Crippen LogP contribution in [0.15, 0.2) is 40.5 Å². The molecule has 22 heavy (non-hydrogen) atoms. The van der Waals surface area contributed by atoms with E-state index in [2.05, 4.69) is 4.98 Å². The quantitative estimate of drug-likeness (QED) is 0.696. The molecule has 0 bridgehead atoms. The fourth-order valence-corrected chi connectivity index (χ4v) is 2.90. The Kier molecular flexibility index (Phi) is 3.72. The molecular formula is C15H11FN2O3S. The summed E-state index contributed by atoms with van der Waals surface area (Å²) in [7, 11) is 0. The number of rotatable bonds is 3. The molecular weight excluding hydrogens is 307 g/mol. The van der Waals surface area contributed by atoms with Gasteiger partial charge >= 0.3 is 5.97 Å². The molecule has 0 saturated heterocycles. The highest BCUT2D eigenvalue weighted by Crippen LogP contribution is 2.12. The minimum Gasteiger partial charge on any atom is -0.456 e. The number of carbonyl (C=O) groups excluding carboxylic acids is 1. The zero-order valence-electron chi connectivity index (χ0n) is 11.6. The first-order chi connectivity index (χ1) is 10.5. The van der Waals surface area contributed by atoms with Gasteiger partial charge in [-0.3, -0.25) is 9.20 Å². The molecule has 0 spiro atoms. The van der Waals surface area contributed by atoms with Crippen LogP contribution in [0.5, 0.6) is 0 Å². The van der Waals surface area contributed by atoms with Crippen molar-refractivity contribution >= 4 is 22.3 Å². The molecule has 0 aliphatic carbocycles. The minimum atomic E-state index is -0.663. The van der Waals surface area contributed by atoms with Gasteiger partial charge in [0.15, 0.2) is 4.96 Å². The first kappa shape index (κ1) is 14.4. The van der Waals surface area contributed by atoms with Crippen LogP contribution >= 0.6 is 11.3 Å². The van der Waals surface area contributed by atoms with E-state index in [9.17, 15) is 14.0 Å². The molecule has 5 nitrogen and oxygen atoms in total. The van der Waals surface area contributed by atoms with Crippen molar-refractivity contribution in [3.8, 4) is 0 Å². The SMILES string of the molecule is Cc1csc2nc(COC(=O)c3cccc(F)c3)cc(=O)n12. The van der Waals surface area contributed by atoms with E-state index in [1.54, 1.807) is 0 Å². The number of thiazole rings is 1. The Balaban J connectivity index is 1.79. The van der Waals surface area contributed by atoms with Crippen molar-refractivity contribution in [3.63, 3.8) is 0 Å². The fraction of sp³-hybridized carbons (Fsp3) is 0.133. The van der Waals surface area contributed by atoms with Gasteiger partial charge < -0.3 is 4.74 Å². The number of halogens is 1. The Morgan fingerprint density at radius 2 is 2.23 bits per heavy atom. The van der Waals surface area contributed by atoms with E-state index in [0.717, 1.165) is 11.8 Å². The molecule has 0 fully saturated rings. The zero-order chi connectivity index (χ0) is 15.7. The largest absolute Gasteiger partial charge is 0.456 e. The van der Waals surface area contributed by atoms with Gasteiger partial charge in [0.05, 0.1) is 11.3 Å². The second kappa shape index (κ2) is 5.69. The van der Waals surface area contributed by atoms with Crippen molar-refractivity contribution in [1.82, 2.24) is 9.38 Å². The van der Waals surface area contributed by atoms with Gasteiger partial charge in [0.1, 0.15) is 12.4 Å². The maximum atomic E-state index is 13.1. The number of hydrogen-bond donors (Lipinski definition) is 0. The molecule has 2 aromatic heterocycles. The first-order valence-corrected chi connectivity index (χ1v) is 7.32. The molecule has 0 aliphatic heterocycles. The normalized spacial score (nSPS) is 10.8. The van der Waals surface area contributed by atoms with Gasteiger partial charge in [0.2, 0.25) is 0 Å². The molecule has 0 unspecified atom stereocenters. The predicted molar refractivity (Wildman–Crippen MR) is 79.6 cm³/mol. The number of aryl methyl sites for hydroxylation is 1. The third kappa shape index (κ3) is 2.75. The Hall–Kier alpha value is -2.54. The number of aromatic nitrogens is 2. The molecule has 0 amide bonds. The number of hydrogen-bond acceptors (Lipinski definition) is 5. The van der Waals surface area contributed by atoms with Crippen molar-refractivity contribution < 1.29 is 13.9 Å². The van der Waals surface area contributed by atoms with Crippen LogP contribution in [0.4, 0.5) is 4.39 Å². The Bertz CT molecular complexity index is 917. The summed E-state index contributed by atoms with van der Waals surface area (Å²) in [5.74, 6) is -1.18. The molecule has 7 heteroatoms. The Labute approximate surface area is 128 Å². The third-order valence-corrected chi connectivity index (χ3v) is 3.98. The van der Waals surface area contributed by atoms with E-state index < -0.39 is 11.8 Å². The predicted octanol–water partition coefficient (Wildman–Crippen LogP) is 2.56. The molecule has 0 N–H and O–H groups in total. The lowest BCUT2D eigenvalue weighted by Gasteiger charge is -2.05. The molecule has 1 aromatic carbocycles. The third-order valence-electron chi connectivity index (χ3n) is 3.04. The first-order valence-electron chi connectivity index (χ1n) is 6.44. The molecule has 0 radical (unpaired) electrons. The van der Waals surface area contributed by atoms with Crippen molar-refractivity contribution in [2.24, 2.45) is 0 Å². The molecule has 3 aromatic rings. The number of ether oxygens (including phenoxy) is 1. The van der Waals surface area contributed by atoms with Crippen LogP contribution in [0.25, 0.3) is 4.96 Å². The minimum absolute atomic E-state index is 0.116. The summed E-state index contributed by atoms with van der Waals surface area (Å²) in [4.78, 5) is 28.6. The van der Waals surface area contributed by atoms with Crippen LogP contribution in [0, 0.1) is 12.7 Å². The van der Waals surface area contributed by atoms with E-state index in [1.807, 2.05) is 12.3 Å². The number of fused-ring (bicyclic) bond motifs is 1. The second-order valence-corrected chi connectivity index (χ2v) is 5.50. The van der Waals surface area contributed by atoms with Crippen molar-refractivity contribution in [3.05, 3.63) is 68.8 Å². The van der Waals surface area contributed by atoms with E-state index in [0.29, 0.717) is 10.7 Å². The molecule has 2 heterocycles. The summed E-state index contributed by atoms with van der Waals surface area (Å²) in [5.41, 5.74) is 1.06. The lowest BCUT2D eigenvalue weighted by Crippen LogP contribution is -2.16. The van der Waals surface area contributed by atoms with Gasteiger partial charge in [0, 0.05) is 17.1 Å². The highest BCUT2D eigenvalue weighted by atomic mass is 32.1. The molecule has 0 aliphatic rings. The fourth-order valence-electron chi connectivity index (χ4n) is 2.01. The number of benzene rings is 1. The Morgan fingerprint density at radius 3 is 3.00 bits per heavy atom. The summed E-state index contributed by atoms with van der Waals surface area (Å²) in [6, 6.07) is 6.55. The van der Waals surface area contributed by atoms with Crippen LogP contribution < -0.4 is 5.56 Å². The highest BCUT2D eigenvalue weighted by molar-refractivity contribution is 7.15. The van der Waals surface area contributed by atoms with Crippen molar-refractivity contribution in [1.29, 1.82) is 0 Å².